The van der Waals surface area contributed by atoms with Crippen LogP contribution in [-0.4, -0.2) is 6.29 Å². The van der Waals surface area contributed by atoms with Gasteiger partial charge in [-0.2, -0.15) is 0 Å². The zero-order chi connectivity index (χ0) is 9.40. The molecule has 0 heterocycles. The maximum atomic E-state index is 10.2. The average molecular weight is 164 g/mol. The molecular formula is C11H16O. The van der Waals surface area contributed by atoms with Gasteiger partial charge in [0.05, 0.1) is 0 Å². The molecule has 0 atom stereocenters. The Labute approximate surface area is 74.4 Å². The number of hydrogen-bond acceptors (Lipinski definition) is 1. The second-order valence-corrected chi connectivity index (χ2v) is 2.21. The van der Waals surface area contributed by atoms with Crippen LogP contribution in [0.1, 0.15) is 36.7 Å². The minimum Gasteiger partial charge on any atom is -0.298 e. The van der Waals surface area contributed by atoms with Crippen LogP contribution in [-0.2, 0) is 6.42 Å². The van der Waals surface area contributed by atoms with Gasteiger partial charge in [-0.05, 0) is 12.0 Å². The molecule has 0 saturated carbocycles. The summed E-state index contributed by atoms with van der Waals surface area (Å²) in [4.78, 5) is 10.2. The Morgan fingerprint density at radius 1 is 1.17 bits per heavy atom. The standard InChI is InChI=1S/C9H10O.C2H6/c1-2-8-3-5-9(7-10)6-4-8;1-2/h3-7H,2H2,1H3;1-2H3. The van der Waals surface area contributed by atoms with Crippen LogP contribution >= 0.6 is 0 Å². The van der Waals surface area contributed by atoms with Gasteiger partial charge in [-0.15, -0.1) is 0 Å². The van der Waals surface area contributed by atoms with E-state index in [-0.39, 0.29) is 0 Å². The largest absolute Gasteiger partial charge is 0.298 e. The van der Waals surface area contributed by atoms with E-state index in [0.29, 0.717) is 0 Å². The molecule has 0 amide bonds. The van der Waals surface area contributed by atoms with Crippen LogP contribution in [0.4, 0.5) is 0 Å². The van der Waals surface area contributed by atoms with Crippen LogP contribution in [0.3, 0.4) is 0 Å². The molecule has 66 valence electrons. The molecule has 1 aromatic rings. The van der Waals surface area contributed by atoms with Gasteiger partial charge in [0.1, 0.15) is 6.29 Å². The smallest absolute Gasteiger partial charge is 0.150 e. The molecule has 0 N–H and O–H groups in total. The van der Waals surface area contributed by atoms with E-state index >= 15 is 0 Å². The zero-order valence-corrected chi connectivity index (χ0v) is 8.00. The number of carbonyl (C=O) groups is 1. The molecular weight excluding hydrogens is 148 g/mol. The quantitative estimate of drug-likeness (QED) is 0.614. The lowest BCUT2D eigenvalue weighted by molar-refractivity contribution is 0.112. The van der Waals surface area contributed by atoms with Gasteiger partial charge in [-0.1, -0.05) is 45.0 Å². The van der Waals surface area contributed by atoms with Gasteiger partial charge in [-0.3, -0.25) is 4.79 Å². The van der Waals surface area contributed by atoms with Crippen molar-refractivity contribution in [3.05, 3.63) is 35.4 Å². The molecule has 0 aliphatic rings. The van der Waals surface area contributed by atoms with Crippen LogP contribution in [0.15, 0.2) is 24.3 Å². The Morgan fingerprint density at radius 2 is 1.67 bits per heavy atom. The van der Waals surface area contributed by atoms with Crippen molar-refractivity contribution >= 4 is 6.29 Å². The SMILES string of the molecule is CC.CCc1ccc(C=O)cc1. The van der Waals surface area contributed by atoms with Crippen molar-refractivity contribution in [3.63, 3.8) is 0 Å². The molecule has 0 spiro atoms. The van der Waals surface area contributed by atoms with E-state index in [4.69, 9.17) is 0 Å². The molecule has 1 heteroatoms. The molecule has 1 rings (SSSR count). The second kappa shape index (κ2) is 6.59. The van der Waals surface area contributed by atoms with E-state index in [1.165, 1.54) is 5.56 Å². The molecule has 0 saturated heterocycles. The Hall–Kier alpha value is -1.11. The Bertz CT molecular complexity index is 211. The molecule has 0 aliphatic heterocycles. The van der Waals surface area contributed by atoms with Crippen LogP contribution in [0, 0.1) is 0 Å². The molecule has 0 bridgehead atoms. The lowest BCUT2D eigenvalue weighted by Crippen LogP contribution is -1.81. The number of hydrogen-bond donors (Lipinski definition) is 0. The monoisotopic (exact) mass is 164 g/mol. The van der Waals surface area contributed by atoms with Crippen LogP contribution in [0.5, 0.6) is 0 Å². The summed E-state index contributed by atoms with van der Waals surface area (Å²) in [5, 5.41) is 0. The van der Waals surface area contributed by atoms with Crippen molar-refractivity contribution in [1.29, 1.82) is 0 Å². The number of benzene rings is 1. The van der Waals surface area contributed by atoms with Crippen molar-refractivity contribution < 1.29 is 4.79 Å². The average Bonchev–Trinajstić information content (AvgIpc) is 2.21. The van der Waals surface area contributed by atoms with Crippen molar-refractivity contribution in [2.45, 2.75) is 27.2 Å². The minimum atomic E-state index is 0.747. The molecule has 0 aromatic heterocycles. The summed E-state index contributed by atoms with van der Waals surface area (Å²) in [5.74, 6) is 0. The van der Waals surface area contributed by atoms with E-state index in [9.17, 15) is 4.79 Å². The van der Waals surface area contributed by atoms with Gasteiger partial charge in [0, 0.05) is 5.56 Å². The number of carbonyl (C=O) groups excluding carboxylic acids is 1. The van der Waals surface area contributed by atoms with Crippen molar-refractivity contribution in [2.24, 2.45) is 0 Å². The summed E-state index contributed by atoms with van der Waals surface area (Å²) in [7, 11) is 0. The molecule has 1 nitrogen and oxygen atoms in total. The first-order chi connectivity index (χ1) is 5.86. The van der Waals surface area contributed by atoms with Crippen LogP contribution in [0.25, 0.3) is 0 Å². The Morgan fingerprint density at radius 3 is 2.00 bits per heavy atom. The van der Waals surface area contributed by atoms with E-state index in [1.807, 2.05) is 38.1 Å². The first kappa shape index (κ1) is 10.9. The second-order valence-electron chi connectivity index (χ2n) is 2.21. The van der Waals surface area contributed by atoms with E-state index < -0.39 is 0 Å². The molecule has 0 unspecified atom stereocenters. The predicted octanol–water partition coefficient (Wildman–Crippen LogP) is 3.09. The van der Waals surface area contributed by atoms with Gasteiger partial charge >= 0.3 is 0 Å². The third-order valence-corrected chi connectivity index (χ3v) is 1.52. The number of rotatable bonds is 2. The fourth-order valence-electron chi connectivity index (χ4n) is 0.832. The molecule has 1 aromatic carbocycles. The predicted molar refractivity (Wildman–Crippen MR) is 52.6 cm³/mol. The lowest BCUT2D eigenvalue weighted by Gasteiger charge is -1.93. The number of aryl methyl sites for hydroxylation is 1. The summed E-state index contributed by atoms with van der Waals surface area (Å²) >= 11 is 0. The van der Waals surface area contributed by atoms with Crippen molar-refractivity contribution in [1.82, 2.24) is 0 Å². The Kier molecular flexibility index (Phi) is 5.98. The number of aldehydes is 1. The highest BCUT2D eigenvalue weighted by molar-refractivity contribution is 5.74. The van der Waals surface area contributed by atoms with Crippen molar-refractivity contribution in [3.8, 4) is 0 Å². The normalized spacial score (nSPS) is 8.25. The van der Waals surface area contributed by atoms with E-state index in [0.717, 1.165) is 18.3 Å². The lowest BCUT2D eigenvalue weighted by atomic mass is 10.1. The summed E-state index contributed by atoms with van der Waals surface area (Å²) in [5.41, 5.74) is 2.02. The third kappa shape index (κ3) is 3.33. The van der Waals surface area contributed by atoms with Gasteiger partial charge < -0.3 is 0 Å². The first-order valence-electron chi connectivity index (χ1n) is 4.41. The maximum absolute atomic E-state index is 10.2. The maximum Gasteiger partial charge on any atom is 0.150 e. The van der Waals surface area contributed by atoms with Gasteiger partial charge in [-0.25, -0.2) is 0 Å². The van der Waals surface area contributed by atoms with Gasteiger partial charge in [0.2, 0.25) is 0 Å². The minimum absolute atomic E-state index is 0.747. The first-order valence-corrected chi connectivity index (χ1v) is 4.41. The van der Waals surface area contributed by atoms with Crippen LogP contribution < -0.4 is 0 Å². The summed E-state index contributed by atoms with van der Waals surface area (Å²) in [6.07, 6.45) is 1.89. The van der Waals surface area contributed by atoms with E-state index in [1.54, 1.807) is 0 Å². The summed E-state index contributed by atoms with van der Waals surface area (Å²) in [6.45, 7) is 6.09. The fraction of sp³-hybridized carbons (Fsp3) is 0.364. The van der Waals surface area contributed by atoms with E-state index in [2.05, 4.69) is 6.92 Å². The fourth-order valence-corrected chi connectivity index (χ4v) is 0.832. The molecule has 0 radical (unpaired) electrons. The summed E-state index contributed by atoms with van der Waals surface area (Å²) in [6, 6.07) is 7.63. The topological polar surface area (TPSA) is 17.1 Å². The highest BCUT2D eigenvalue weighted by atomic mass is 16.1. The molecule has 0 fully saturated rings. The molecule has 12 heavy (non-hydrogen) atoms. The summed E-state index contributed by atoms with van der Waals surface area (Å²) < 4.78 is 0. The third-order valence-electron chi connectivity index (χ3n) is 1.52. The van der Waals surface area contributed by atoms with Gasteiger partial charge in [0.15, 0.2) is 0 Å². The highest BCUT2D eigenvalue weighted by Crippen LogP contribution is 2.01. The Balaban J connectivity index is 0.000000561. The highest BCUT2D eigenvalue weighted by Gasteiger charge is 1.88. The van der Waals surface area contributed by atoms with Crippen LogP contribution in [0.2, 0.25) is 0 Å². The zero-order valence-electron chi connectivity index (χ0n) is 8.00. The van der Waals surface area contributed by atoms with Gasteiger partial charge in [0.25, 0.3) is 0 Å². The van der Waals surface area contributed by atoms with Crippen molar-refractivity contribution in [2.75, 3.05) is 0 Å². The molecule has 0 aliphatic carbocycles.